The quantitative estimate of drug-likeness (QED) is 0.819. The first kappa shape index (κ1) is 16.6. The summed E-state index contributed by atoms with van der Waals surface area (Å²) in [6.45, 7) is 0.131. The highest BCUT2D eigenvalue weighted by Gasteiger charge is 2.37. The van der Waals surface area contributed by atoms with E-state index < -0.39 is 21.8 Å². The van der Waals surface area contributed by atoms with Gasteiger partial charge in [0.2, 0.25) is 10.0 Å². The first-order valence-electron chi connectivity index (χ1n) is 6.91. The predicted octanol–water partition coefficient (Wildman–Crippen LogP) is 1.22. The fourth-order valence-corrected chi connectivity index (χ4v) is 3.58. The van der Waals surface area contributed by atoms with E-state index in [1.165, 1.54) is 0 Å². The first-order chi connectivity index (χ1) is 11.3. The minimum atomic E-state index is -4.09. The van der Waals surface area contributed by atoms with Crippen LogP contribution in [0.15, 0.2) is 41.4 Å². The number of nitrogens with zero attached hydrogens (tertiary/aromatic N) is 2. The Morgan fingerprint density at radius 3 is 2.38 bits per heavy atom. The van der Waals surface area contributed by atoms with Crippen molar-refractivity contribution < 1.29 is 18.0 Å². The molecule has 1 aromatic carbocycles. The van der Waals surface area contributed by atoms with Crippen LogP contribution in [0.5, 0.6) is 0 Å². The van der Waals surface area contributed by atoms with Crippen LogP contribution in [0.4, 0.5) is 0 Å². The minimum Gasteiger partial charge on any atom is -0.274 e. The lowest BCUT2D eigenvalue weighted by Gasteiger charge is -2.13. The Hall–Kier alpha value is -2.29. The van der Waals surface area contributed by atoms with Gasteiger partial charge in [-0.15, -0.1) is 0 Å². The summed E-state index contributed by atoms with van der Waals surface area (Å²) in [5.41, 5.74) is 0.783. The highest BCUT2D eigenvalue weighted by atomic mass is 35.5. The summed E-state index contributed by atoms with van der Waals surface area (Å²) >= 11 is 5.88. The van der Waals surface area contributed by atoms with E-state index in [0.717, 1.165) is 22.7 Å². The van der Waals surface area contributed by atoms with E-state index in [9.17, 15) is 18.0 Å². The van der Waals surface area contributed by atoms with Crippen LogP contribution in [0.1, 0.15) is 26.4 Å². The third-order valence-electron chi connectivity index (χ3n) is 3.65. The molecule has 0 bridgehead atoms. The normalized spacial score (nSPS) is 14.2. The summed E-state index contributed by atoms with van der Waals surface area (Å²) < 4.78 is 23.0. The van der Waals surface area contributed by atoms with E-state index in [2.05, 4.69) is 4.98 Å². The first-order valence-corrected chi connectivity index (χ1v) is 8.84. The maximum atomic E-state index is 12.4. The average molecular weight is 366 g/mol. The Bertz CT molecular complexity index is 945. The van der Waals surface area contributed by atoms with Crippen molar-refractivity contribution in [2.24, 2.45) is 5.14 Å². The summed E-state index contributed by atoms with van der Waals surface area (Å²) in [4.78, 5) is 29.6. The Kier molecular flexibility index (Phi) is 4.12. The molecule has 0 saturated heterocycles. The molecular weight excluding hydrogens is 354 g/mol. The average Bonchev–Trinajstić information content (AvgIpc) is 2.75. The van der Waals surface area contributed by atoms with Crippen LogP contribution in [0, 0.1) is 0 Å². The van der Waals surface area contributed by atoms with Gasteiger partial charge in [0.05, 0.1) is 16.1 Å². The number of amides is 2. The van der Waals surface area contributed by atoms with E-state index in [4.69, 9.17) is 16.7 Å². The highest BCUT2D eigenvalue weighted by molar-refractivity contribution is 7.89. The molecule has 2 amide bonds. The fraction of sp³-hybridized carbons (Fsp3) is 0.133. The monoisotopic (exact) mass is 365 g/mol. The van der Waals surface area contributed by atoms with E-state index in [1.807, 2.05) is 6.07 Å². The number of primary sulfonamides is 1. The molecule has 0 radical (unpaired) electrons. The van der Waals surface area contributed by atoms with Crippen LogP contribution in [0.2, 0.25) is 5.02 Å². The van der Waals surface area contributed by atoms with Gasteiger partial charge in [0.1, 0.15) is 4.90 Å². The Morgan fingerprint density at radius 1 is 1.12 bits per heavy atom. The largest absolute Gasteiger partial charge is 0.274 e. The SMILES string of the molecule is NS(=O)(=O)c1cc2c(cc1Cl)C(=O)N(CCc1ccccn1)C2=O. The zero-order valence-corrected chi connectivity index (χ0v) is 13.8. The lowest BCUT2D eigenvalue weighted by Crippen LogP contribution is -2.31. The van der Waals surface area contributed by atoms with Gasteiger partial charge in [-0.3, -0.25) is 19.5 Å². The zero-order chi connectivity index (χ0) is 17.5. The van der Waals surface area contributed by atoms with Crippen molar-refractivity contribution in [2.45, 2.75) is 11.3 Å². The van der Waals surface area contributed by atoms with Gasteiger partial charge in [0.15, 0.2) is 0 Å². The number of sulfonamides is 1. The van der Waals surface area contributed by atoms with Crippen molar-refractivity contribution in [3.8, 4) is 0 Å². The van der Waals surface area contributed by atoms with Crippen molar-refractivity contribution >= 4 is 33.4 Å². The molecule has 9 heteroatoms. The molecular formula is C15H12ClN3O4S. The van der Waals surface area contributed by atoms with Gasteiger partial charge in [0.25, 0.3) is 11.8 Å². The van der Waals surface area contributed by atoms with Gasteiger partial charge >= 0.3 is 0 Å². The number of carbonyl (C=O) groups excluding carboxylic acids is 2. The molecule has 7 nitrogen and oxygen atoms in total. The number of hydrogen-bond acceptors (Lipinski definition) is 5. The molecule has 3 rings (SSSR count). The van der Waals surface area contributed by atoms with Gasteiger partial charge in [-0.05, 0) is 24.3 Å². The molecule has 0 aliphatic carbocycles. The summed E-state index contributed by atoms with van der Waals surface area (Å²) in [5, 5.41) is 4.88. The van der Waals surface area contributed by atoms with Crippen LogP contribution in [0.3, 0.4) is 0 Å². The van der Waals surface area contributed by atoms with Crippen molar-refractivity contribution in [1.82, 2.24) is 9.88 Å². The number of hydrogen-bond donors (Lipinski definition) is 1. The minimum absolute atomic E-state index is 0.0190. The second-order valence-corrected chi connectivity index (χ2v) is 7.14. The number of benzene rings is 1. The van der Waals surface area contributed by atoms with Crippen LogP contribution in [0.25, 0.3) is 0 Å². The molecule has 1 aromatic heterocycles. The molecule has 0 atom stereocenters. The van der Waals surface area contributed by atoms with Crippen LogP contribution < -0.4 is 5.14 Å². The number of aromatic nitrogens is 1. The highest BCUT2D eigenvalue weighted by Crippen LogP contribution is 2.30. The molecule has 0 fully saturated rings. The van der Waals surface area contributed by atoms with Crippen molar-refractivity contribution in [1.29, 1.82) is 0 Å². The van der Waals surface area contributed by atoms with Gasteiger partial charge in [-0.2, -0.15) is 0 Å². The summed E-state index contributed by atoms with van der Waals surface area (Å²) in [6.07, 6.45) is 2.01. The molecule has 0 unspecified atom stereocenters. The molecule has 2 N–H and O–H groups in total. The number of nitrogens with two attached hydrogens (primary N) is 1. The standard InChI is InChI=1S/C15H12ClN3O4S/c16-12-7-10-11(8-13(12)24(17,22)23)15(21)19(14(10)20)6-4-9-3-1-2-5-18-9/h1-3,5,7-8H,4,6H2,(H2,17,22,23). The van der Waals surface area contributed by atoms with E-state index in [0.29, 0.717) is 6.42 Å². The Morgan fingerprint density at radius 2 is 1.79 bits per heavy atom. The van der Waals surface area contributed by atoms with Gasteiger partial charge in [0, 0.05) is 24.9 Å². The number of fused-ring (bicyclic) bond motifs is 1. The molecule has 0 spiro atoms. The van der Waals surface area contributed by atoms with Crippen molar-refractivity contribution in [2.75, 3.05) is 6.54 Å². The topological polar surface area (TPSA) is 110 Å². The summed E-state index contributed by atoms with van der Waals surface area (Å²) in [7, 11) is -4.09. The molecule has 2 heterocycles. The predicted molar refractivity (Wildman–Crippen MR) is 86.1 cm³/mol. The Balaban J connectivity index is 1.91. The third kappa shape index (κ3) is 2.91. The molecule has 0 saturated carbocycles. The zero-order valence-electron chi connectivity index (χ0n) is 12.3. The van der Waals surface area contributed by atoms with Crippen LogP contribution >= 0.6 is 11.6 Å². The lowest BCUT2D eigenvalue weighted by atomic mass is 10.1. The van der Waals surface area contributed by atoms with Gasteiger partial charge in [-0.25, -0.2) is 13.6 Å². The van der Waals surface area contributed by atoms with Crippen molar-refractivity contribution in [3.05, 3.63) is 58.4 Å². The summed E-state index contributed by atoms with van der Waals surface area (Å²) in [5.74, 6) is -1.10. The number of carbonyl (C=O) groups is 2. The van der Waals surface area contributed by atoms with E-state index >= 15 is 0 Å². The number of imide groups is 1. The number of pyridine rings is 1. The Labute approximate surface area is 143 Å². The van der Waals surface area contributed by atoms with Crippen LogP contribution in [-0.4, -0.2) is 36.7 Å². The number of rotatable bonds is 4. The smallest absolute Gasteiger partial charge is 0.261 e. The number of halogens is 1. The van der Waals surface area contributed by atoms with Gasteiger partial charge < -0.3 is 0 Å². The molecule has 24 heavy (non-hydrogen) atoms. The second-order valence-electron chi connectivity index (χ2n) is 5.21. The summed E-state index contributed by atoms with van der Waals surface area (Å²) in [6, 6.07) is 7.57. The second kappa shape index (κ2) is 5.97. The molecule has 2 aromatic rings. The van der Waals surface area contributed by atoms with Crippen molar-refractivity contribution in [3.63, 3.8) is 0 Å². The molecule has 1 aliphatic rings. The third-order valence-corrected chi connectivity index (χ3v) is 5.02. The maximum absolute atomic E-state index is 12.4. The van der Waals surface area contributed by atoms with E-state index in [1.54, 1.807) is 18.3 Å². The fourth-order valence-electron chi connectivity index (χ4n) is 2.48. The molecule has 124 valence electrons. The maximum Gasteiger partial charge on any atom is 0.261 e. The van der Waals surface area contributed by atoms with E-state index in [-0.39, 0.29) is 27.6 Å². The molecule has 1 aliphatic heterocycles. The van der Waals surface area contributed by atoms with Crippen LogP contribution in [-0.2, 0) is 16.4 Å². The van der Waals surface area contributed by atoms with Gasteiger partial charge in [-0.1, -0.05) is 17.7 Å². The lowest BCUT2D eigenvalue weighted by molar-refractivity contribution is 0.0656.